The number of benzene rings is 3. The third-order valence-corrected chi connectivity index (χ3v) is 6.64. The summed E-state index contributed by atoms with van der Waals surface area (Å²) in [6.45, 7) is 1.24. The molecule has 0 aliphatic carbocycles. The Balaban J connectivity index is 1.86. The molecule has 0 aliphatic heterocycles. The standard InChI is InChI=1S/C24H22ClF3N2O6S/c1-2-35-21-12-16(29-23(32)18(14-31)15-6-4-3-5-7-15)9-11-22(21)37(33,34)30-17-8-10-19(25)20(13-17)36-24(26,27)28/h3-13,18,30-31H,2,14H2,1H3,(H,29,32)/t18-/m0/s1. The highest BCUT2D eigenvalue weighted by Crippen LogP contribution is 2.35. The van der Waals surface area contributed by atoms with Crippen molar-refractivity contribution in [3.63, 3.8) is 0 Å². The van der Waals surface area contributed by atoms with E-state index in [1.165, 1.54) is 18.2 Å². The van der Waals surface area contributed by atoms with Crippen molar-refractivity contribution in [2.24, 2.45) is 0 Å². The zero-order valence-corrected chi connectivity index (χ0v) is 20.8. The number of rotatable bonds is 10. The molecule has 0 heterocycles. The fourth-order valence-corrected chi connectivity index (χ4v) is 4.64. The number of alkyl halides is 3. The Morgan fingerprint density at radius 1 is 1.03 bits per heavy atom. The van der Waals surface area contributed by atoms with Gasteiger partial charge in [-0.2, -0.15) is 0 Å². The highest BCUT2D eigenvalue weighted by atomic mass is 35.5. The van der Waals surface area contributed by atoms with Gasteiger partial charge in [0.25, 0.3) is 10.0 Å². The minimum atomic E-state index is -5.03. The number of hydrogen-bond donors (Lipinski definition) is 3. The quantitative estimate of drug-likeness (QED) is 0.317. The molecule has 0 spiro atoms. The molecule has 0 aliphatic rings. The molecule has 0 radical (unpaired) electrons. The average Bonchev–Trinajstić information content (AvgIpc) is 2.81. The molecular formula is C24H22ClF3N2O6S. The van der Waals surface area contributed by atoms with Gasteiger partial charge in [0.1, 0.15) is 16.4 Å². The molecule has 0 aromatic heterocycles. The second-order valence-electron chi connectivity index (χ2n) is 7.53. The molecule has 1 atom stereocenters. The largest absolute Gasteiger partial charge is 0.573 e. The number of sulfonamides is 1. The van der Waals surface area contributed by atoms with Gasteiger partial charge < -0.3 is 19.9 Å². The number of nitrogens with one attached hydrogen (secondary N) is 2. The molecule has 0 saturated carbocycles. The van der Waals surface area contributed by atoms with Crippen molar-refractivity contribution in [2.75, 3.05) is 23.3 Å². The number of aliphatic hydroxyl groups is 1. The molecule has 13 heteroatoms. The van der Waals surface area contributed by atoms with E-state index in [2.05, 4.69) is 14.8 Å². The van der Waals surface area contributed by atoms with Crippen LogP contribution in [-0.4, -0.2) is 39.0 Å². The van der Waals surface area contributed by atoms with Gasteiger partial charge >= 0.3 is 6.36 Å². The summed E-state index contributed by atoms with van der Waals surface area (Å²) in [5.74, 6) is -2.29. The van der Waals surface area contributed by atoms with Gasteiger partial charge in [0.05, 0.1) is 29.8 Å². The van der Waals surface area contributed by atoms with Crippen molar-refractivity contribution in [2.45, 2.75) is 24.1 Å². The third-order valence-electron chi connectivity index (χ3n) is 4.91. The van der Waals surface area contributed by atoms with Crippen LogP contribution in [0.1, 0.15) is 18.4 Å². The van der Waals surface area contributed by atoms with Crippen LogP contribution in [-0.2, 0) is 14.8 Å². The predicted octanol–water partition coefficient (Wildman–Crippen LogP) is 5.15. The first-order valence-corrected chi connectivity index (χ1v) is 12.6. The summed E-state index contributed by atoms with van der Waals surface area (Å²) in [5, 5.41) is 12.0. The van der Waals surface area contributed by atoms with Crippen LogP contribution in [0.4, 0.5) is 24.5 Å². The summed E-state index contributed by atoms with van der Waals surface area (Å²) < 4.78 is 75.4. The van der Waals surface area contributed by atoms with Crippen LogP contribution in [0.5, 0.6) is 11.5 Å². The van der Waals surface area contributed by atoms with Crippen molar-refractivity contribution < 1.29 is 41.0 Å². The molecule has 0 fully saturated rings. The predicted molar refractivity (Wildman–Crippen MR) is 131 cm³/mol. The Morgan fingerprint density at radius 3 is 2.30 bits per heavy atom. The Morgan fingerprint density at radius 2 is 1.68 bits per heavy atom. The zero-order valence-electron chi connectivity index (χ0n) is 19.3. The smallest absolute Gasteiger partial charge is 0.492 e. The van der Waals surface area contributed by atoms with Crippen LogP contribution in [0.2, 0.25) is 5.02 Å². The van der Waals surface area contributed by atoms with E-state index in [4.69, 9.17) is 16.3 Å². The van der Waals surface area contributed by atoms with Crippen molar-refractivity contribution in [3.8, 4) is 11.5 Å². The van der Waals surface area contributed by atoms with Gasteiger partial charge in [0, 0.05) is 17.8 Å². The minimum absolute atomic E-state index is 0.0771. The lowest BCUT2D eigenvalue weighted by Gasteiger charge is -2.17. The highest BCUT2D eigenvalue weighted by Gasteiger charge is 2.32. The van der Waals surface area contributed by atoms with Crippen LogP contribution in [0.3, 0.4) is 0 Å². The van der Waals surface area contributed by atoms with E-state index < -0.39 is 40.6 Å². The van der Waals surface area contributed by atoms with Crippen LogP contribution < -0.4 is 19.5 Å². The molecule has 0 bridgehead atoms. The molecule has 3 aromatic carbocycles. The molecule has 198 valence electrons. The molecule has 37 heavy (non-hydrogen) atoms. The summed E-state index contributed by atoms with van der Waals surface area (Å²) in [7, 11) is -4.36. The number of carbonyl (C=O) groups excluding carboxylic acids is 1. The van der Waals surface area contributed by atoms with Gasteiger partial charge in [0.15, 0.2) is 0 Å². The average molecular weight is 559 g/mol. The maximum atomic E-state index is 13.0. The minimum Gasteiger partial charge on any atom is -0.492 e. The SMILES string of the molecule is CCOc1cc(NC(=O)[C@@H](CO)c2ccccc2)ccc1S(=O)(=O)Nc1ccc(Cl)c(OC(F)(F)F)c1. The number of anilines is 2. The Labute approximate surface area is 216 Å². The first-order valence-electron chi connectivity index (χ1n) is 10.7. The Hall–Kier alpha value is -3.48. The fourth-order valence-electron chi connectivity index (χ4n) is 3.31. The van der Waals surface area contributed by atoms with E-state index in [0.29, 0.717) is 5.56 Å². The molecule has 3 rings (SSSR count). The van der Waals surface area contributed by atoms with E-state index in [-0.39, 0.29) is 33.6 Å². The number of carbonyl (C=O) groups is 1. The lowest BCUT2D eigenvalue weighted by Crippen LogP contribution is -2.24. The topological polar surface area (TPSA) is 114 Å². The van der Waals surface area contributed by atoms with Gasteiger partial charge in [-0.15, -0.1) is 13.2 Å². The first kappa shape index (κ1) is 28.1. The molecule has 3 N–H and O–H groups in total. The molecular weight excluding hydrogens is 537 g/mol. The molecule has 3 aromatic rings. The maximum Gasteiger partial charge on any atom is 0.573 e. The van der Waals surface area contributed by atoms with Crippen molar-refractivity contribution in [1.29, 1.82) is 0 Å². The summed E-state index contributed by atoms with van der Waals surface area (Å²) in [5.41, 5.74) is 0.555. The van der Waals surface area contributed by atoms with Crippen LogP contribution in [0.15, 0.2) is 71.6 Å². The third kappa shape index (κ3) is 7.51. The second-order valence-corrected chi connectivity index (χ2v) is 9.59. The number of aliphatic hydroxyl groups excluding tert-OH is 1. The monoisotopic (exact) mass is 558 g/mol. The number of amides is 1. The van der Waals surface area contributed by atoms with Gasteiger partial charge in [-0.25, -0.2) is 8.42 Å². The maximum absolute atomic E-state index is 13.0. The highest BCUT2D eigenvalue weighted by molar-refractivity contribution is 7.92. The van der Waals surface area contributed by atoms with E-state index in [1.54, 1.807) is 37.3 Å². The number of halogens is 4. The Bertz CT molecular complexity index is 1350. The van der Waals surface area contributed by atoms with Crippen molar-refractivity contribution in [1.82, 2.24) is 0 Å². The normalized spacial score (nSPS) is 12.5. The van der Waals surface area contributed by atoms with Crippen molar-refractivity contribution in [3.05, 3.63) is 77.3 Å². The molecule has 1 amide bonds. The van der Waals surface area contributed by atoms with E-state index in [0.717, 1.165) is 18.2 Å². The van der Waals surface area contributed by atoms with Gasteiger partial charge in [-0.05, 0) is 36.8 Å². The number of hydrogen-bond acceptors (Lipinski definition) is 6. The van der Waals surface area contributed by atoms with Gasteiger partial charge in [-0.3, -0.25) is 9.52 Å². The summed E-state index contributed by atoms with van der Waals surface area (Å²) in [4.78, 5) is 12.4. The number of ether oxygens (including phenoxy) is 2. The van der Waals surface area contributed by atoms with Crippen LogP contribution in [0, 0.1) is 0 Å². The molecule has 8 nitrogen and oxygen atoms in total. The van der Waals surface area contributed by atoms with Gasteiger partial charge in [0.2, 0.25) is 5.91 Å². The van der Waals surface area contributed by atoms with E-state index >= 15 is 0 Å². The van der Waals surface area contributed by atoms with Crippen LogP contribution in [0.25, 0.3) is 0 Å². The Kier molecular flexibility index (Phi) is 8.89. The molecule has 0 unspecified atom stereocenters. The van der Waals surface area contributed by atoms with Crippen LogP contribution >= 0.6 is 11.6 Å². The zero-order chi connectivity index (χ0) is 27.2. The lowest BCUT2D eigenvalue weighted by atomic mass is 9.99. The lowest BCUT2D eigenvalue weighted by molar-refractivity contribution is -0.274. The summed E-state index contributed by atoms with van der Waals surface area (Å²) >= 11 is 5.72. The van der Waals surface area contributed by atoms with E-state index in [9.17, 15) is 31.5 Å². The van der Waals surface area contributed by atoms with Gasteiger partial charge in [-0.1, -0.05) is 41.9 Å². The fraction of sp³-hybridized carbons (Fsp3) is 0.208. The second kappa shape index (κ2) is 11.7. The van der Waals surface area contributed by atoms with Crippen molar-refractivity contribution >= 4 is 38.9 Å². The first-order chi connectivity index (χ1) is 17.4. The van der Waals surface area contributed by atoms with E-state index in [1.807, 2.05) is 0 Å². The summed E-state index contributed by atoms with van der Waals surface area (Å²) in [6.07, 6.45) is -5.03. The molecule has 0 saturated heterocycles. The summed E-state index contributed by atoms with van der Waals surface area (Å²) in [6, 6.07) is 15.4.